The highest BCUT2D eigenvalue weighted by atomic mass is 15.3. The van der Waals surface area contributed by atoms with E-state index in [4.69, 9.17) is 0 Å². The number of hydrogen-bond acceptors (Lipinski definition) is 2. The van der Waals surface area contributed by atoms with Crippen LogP contribution in [-0.4, -0.2) is 43.2 Å². The Kier molecular flexibility index (Phi) is 3.28. The molecule has 0 aliphatic heterocycles. The van der Waals surface area contributed by atoms with Crippen LogP contribution in [0.4, 0.5) is 0 Å². The van der Waals surface area contributed by atoms with Crippen LogP contribution in [0.25, 0.3) is 0 Å². The fraction of sp³-hybridized carbons (Fsp3) is 0.636. The monoisotopic (exact) mass is 180 g/mol. The first-order valence-corrected chi connectivity index (χ1v) is 4.75. The largest absolute Gasteiger partial charge is 0.297 e. The number of likely N-dealkylation sites (N-methyl/N-ethyl adjacent to an activating group) is 1. The molecule has 0 aromatic rings. The lowest BCUT2D eigenvalue weighted by Gasteiger charge is -2.38. The minimum Gasteiger partial charge on any atom is -0.297 e. The van der Waals surface area contributed by atoms with Gasteiger partial charge in [-0.15, -0.1) is 0 Å². The normalized spacial score (nSPS) is 27.5. The van der Waals surface area contributed by atoms with E-state index in [1.165, 1.54) is 0 Å². The summed E-state index contributed by atoms with van der Waals surface area (Å²) in [6.45, 7) is 3.27. The summed E-state index contributed by atoms with van der Waals surface area (Å²) in [6, 6.07) is 0. The second kappa shape index (κ2) is 4.07. The average Bonchev–Trinajstić information content (AvgIpc) is 2.04. The van der Waals surface area contributed by atoms with Gasteiger partial charge in [0.05, 0.1) is 6.67 Å². The molecule has 1 aliphatic carbocycles. The van der Waals surface area contributed by atoms with E-state index in [1.807, 2.05) is 0 Å². The predicted molar refractivity (Wildman–Crippen MR) is 57.6 cm³/mol. The molecule has 0 fully saturated rings. The fourth-order valence-electron chi connectivity index (χ4n) is 1.58. The van der Waals surface area contributed by atoms with Crippen LogP contribution < -0.4 is 0 Å². The molecule has 2 heteroatoms. The Balaban J connectivity index is 2.58. The molecule has 0 radical (unpaired) electrons. The number of allylic oxidation sites excluding steroid dienone is 2. The first-order valence-electron chi connectivity index (χ1n) is 4.75. The van der Waals surface area contributed by atoms with Crippen LogP contribution in [0.15, 0.2) is 24.3 Å². The van der Waals surface area contributed by atoms with Crippen LogP contribution in [0.3, 0.4) is 0 Å². The quantitative estimate of drug-likeness (QED) is 0.610. The van der Waals surface area contributed by atoms with Crippen molar-refractivity contribution in [1.82, 2.24) is 9.80 Å². The van der Waals surface area contributed by atoms with E-state index in [9.17, 15) is 0 Å². The number of nitrogens with zero attached hydrogens (tertiary/aromatic N) is 2. The predicted octanol–water partition coefficient (Wildman–Crippen LogP) is 1.71. The summed E-state index contributed by atoms with van der Waals surface area (Å²) in [7, 11) is 6.37. The Morgan fingerprint density at radius 2 is 1.92 bits per heavy atom. The zero-order valence-corrected chi connectivity index (χ0v) is 9.12. The molecular weight excluding hydrogens is 160 g/mol. The fourth-order valence-corrected chi connectivity index (χ4v) is 1.58. The molecular formula is C11H20N2. The molecule has 0 spiro atoms. The van der Waals surface area contributed by atoms with Gasteiger partial charge >= 0.3 is 0 Å². The maximum absolute atomic E-state index is 2.37. The van der Waals surface area contributed by atoms with Crippen LogP contribution in [-0.2, 0) is 0 Å². The van der Waals surface area contributed by atoms with Gasteiger partial charge in [0.1, 0.15) is 0 Å². The van der Waals surface area contributed by atoms with E-state index >= 15 is 0 Å². The van der Waals surface area contributed by atoms with Gasteiger partial charge in [0, 0.05) is 5.54 Å². The third kappa shape index (κ3) is 2.68. The molecule has 1 rings (SSSR count). The molecule has 0 aromatic heterocycles. The van der Waals surface area contributed by atoms with Crippen molar-refractivity contribution >= 4 is 0 Å². The van der Waals surface area contributed by atoms with Gasteiger partial charge in [0.25, 0.3) is 0 Å². The van der Waals surface area contributed by atoms with Crippen molar-refractivity contribution in [3.05, 3.63) is 24.3 Å². The molecule has 0 saturated carbocycles. The van der Waals surface area contributed by atoms with Gasteiger partial charge in [-0.2, -0.15) is 0 Å². The highest BCUT2D eigenvalue weighted by Crippen LogP contribution is 2.23. The summed E-state index contributed by atoms with van der Waals surface area (Å²) in [5, 5.41) is 0. The Morgan fingerprint density at radius 1 is 1.23 bits per heavy atom. The van der Waals surface area contributed by atoms with Crippen LogP contribution in [0.5, 0.6) is 0 Å². The third-order valence-corrected chi connectivity index (χ3v) is 2.60. The molecule has 74 valence electrons. The molecule has 0 heterocycles. The van der Waals surface area contributed by atoms with E-state index in [2.05, 4.69) is 62.2 Å². The van der Waals surface area contributed by atoms with E-state index in [-0.39, 0.29) is 5.54 Å². The second-order valence-corrected chi connectivity index (χ2v) is 4.27. The smallest absolute Gasteiger partial charge is 0.0505 e. The van der Waals surface area contributed by atoms with E-state index in [0.29, 0.717) is 0 Å². The first-order chi connectivity index (χ1) is 6.04. The van der Waals surface area contributed by atoms with Crippen molar-refractivity contribution in [2.75, 3.05) is 27.8 Å². The molecule has 1 atom stereocenters. The molecule has 1 aliphatic rings. The maximum atomic E-state index is 2.37. The SMILES string of the molecule is CN(C)CN(C)C1(C)C=CC=CC1. The van der Waals surface area contributed by atoms with Gasteiger partial charge in [-0.25, -0.2) is 0 Å². The summed E-state index contributed by atoms with van der Waals surface area (Å²) >= 11 is 0. The van der Waals surface area contributed by atoms with Crippen LogP contribution >= 0.6 is 0 Å². The van der Waals surface area contributed by atoms with Gasteiger partial charge in [-0.3, -0.25) is 9.80 Å². The van der Waals surface area contributed by atoms with Gasteiger partial charge in [0.2, 0.25) is 0 Å². The standard InChI is InChI=1S/C11H20N2/c1-11(8-6-5-7-9-11)13(4)10-12(2)3/h5-8H,9-10H2,1-4H3. The van der Waals surface area contributed by atoms with Crippen molar-refractivity contribution in [3.63, 3.8) is 0 Å². The molecule has 0 bridgehead atoms. The van der Waals surface area contributed by atoms with Crippen LogP contribution in [0.1, 0.15) is 13.3 Å². The summed E-state index contributed by atoms with van der Waals surface area (Å²) in [4.78, 5) is 4.56. The molecule has 0 saturated heterocycles. The molecule has 0 aromatic carbocycles. The zero-order chi connectivity index (χ0) is 9.90. The third-order valence-electron chi connectivity index (χ3n) is 2.60. The van der Waals surface area contributed by atoms with Crippen LogP contribution in [0, 0.1) is 0 Å². The summed E-state index contributed by atoms with van der Waals surface area (Å²) < 4.78 is 0. The van der Waals surface area contributed by atoms with Crippen molar-refractivity contribution in [1.29, 1.82) is 0 Å². The maximum Gasteiger partial charge on any atom is 0.0505 e. The van der Waals surface area contributed by atoms with Gasteiger partial charge in [-0.1, -0.05) is 24.3 Å². The lowest BCUT2D eigenvalue weighted by molar-refractivity contribution is 0.119. The molecule has 13 heavy (non-hydrogen) atoms. The van der Waals surface area contributed by atoms with Crippen molar-refractivity contribution in [2.24, 2.45) is 0 Å². The number of rotatable bonds is 3. The molecule has 0 amide bonds. The minimum absolute atomic E-state index is 0.193. The molecule has 1 unspecified atom stereocenters. The molecule has 2 nitrogen and oxygen atoms in total. The van der Waals surface area contributed by atoms with Crippen molar-refractivity contribution in [2.45, 2.75) is 18.9 Å². The van der Waals surface area contributed by atoms with E-state index in [1.54, 1.807) is 0 Å². The highest BCUT2D eigenvalue weighted by molar-refractivity contribution is 5.19. The minimum atomic E-state index is 0.193. The van der Waals surface area contributed by atoms with E-state index in [0.717, 1.165) is 13.1 Å². The van der Waals surface area contributed by atoms with Gasteiger partial charge in [-0.05, 0) is 34.5 Å². The lowest BCUT2D eigenvalue weighted by Crippen LogP contribution is -2.46. The van der Waals surface area contributed by atoms with Crippen molar-refractivity contribution < 1.29 is 0 Å². The Labute approximate surface area is 81.5 Å². The Morgan fingerprint density at radius 3 is 2.38 bits per heavy atom. The van der Waals surface area contributed by atoms with Gasteiger partial charge in [0.15, 0.2) is 0 Å². The lowest BCUT2D eigenvalue weighted by atomic mass is 9.92. The summed E-state index contributed by atoms with van der Waals surface area (Å²) in [5.74, 6) is 0. The molecule has 0 N–H and O–H groups in total. The summed E-state index contributed by atoms with van der Waals surface area (Å²) in [5.41, 5.74) is 0.193. The van der Waals surface area contributed by atoms with Crippen molar-refractivity contribution in [3.8, 4) is 0 Å². The zero-order valence-electron chi connectivity index (χ0n) is 9.12. The van der Waals surface area contributed by atoms with Gasteiger partial charge < -0.3 is 0 Å². The Hall–Kier alpha value is -0.600. The number of hydrogen-bond donors (Lipinski definition) is 0. The summed E-state index contributed by atoms with van der Waals surface area (Å²) in [6.07, 6.45) is 9.86. The topological polar surface area (TPSA) is 6.48 Å². The Bertz CT molecular complexity index is 218. The highest BCUT2D eigenvalue weighted by Gasteiger charge is 2.25. The van der Waals surface area contributed by atoms with E-state index < -0.39 is 0 Å². The first kappa shape index (κ1) is 10.5. The second-order valence-electron chi connectivity index (χ2n) is 4.27. The average molecular weight is 180 g/mol. The van der Waals surface area contributed by atoms with Crippen LogP contribution in [0.2, 0.25) is 0 Å².